The van der Waals surface area contributed by atoms with Gasteiger partial charge >= 0.3 is 0 Å². The summed E-state index contributed by atoms with van der Waals surface area (Å²) in [6.45, 7) is 2.83. The predicted molar refractivity (Wildman–Crippen MR) is 74.6 cm³/mol. The van der Waals surface area contributed by atoms with E-state index in [0.29, 0.717) is 13.1 Å². The van der Waals surface area contributed by atoms with Crippen molar-refractivity contribution in [3.8, 4) is 0 Å². The molecule has 2 atom stereocenters. The molecular formula is C12H20N4O3S. The van der Waals surface area contributed by atoms with E-state index in [4.69, 9.17) is 0 Å². The zero-order valence-corrected chi connectivity index (χ0v) is 12.5. The van der Waals surface area contributed by atoms with Crippen LogP contribution in [0.5, 0.6) is 0 Å². The summed E-state index contributed by atoms with van der Waals surface area (Å²) in [7, 11) is -3.38. The number of aromatic nitrogens is 2. The molecule has 2 heterocycles. The summed E-state index contributed by atoms with van der Waals surface area (Å²) in [6, 6.07) is 1.18. The highest BCUT2D eigenvalue weighted by atomic mass is 32.2. The average molecular weight is 300 g/mol. The van der Waals surface area contributed by atoms with Gasteiger partial charge in [-0.05, 0) is 25.8 Å². The number of H-pyrrole nitrogens is 1. The zero-order valence-electron chi connectivity index (χ0n) is 11.7. The minimum Gasteiger partial charge on any atom is -0.341 e. The normalized spacial score (nSPS) is 21.7. The van der Waals surface area contributed by atoms with Crippen molar-refractivity contribution in [2.75, 3.05) is 19.3 Å². The third-order valence-corrected chi connectivity index (χ3v) is 4.24. The predicted octanol–water partition coefficient (Wildman–Crippen LogP) is 0.0534. The second-order valence-electron chi connectivity index (χ2n) is 5.25. The maximum atomic E-state index is 12.3. The fourth-order valence-electron chi connectivity index (χ4n) is 2.57. The van der Waals surface area contributed by atoms with E-state index in [1.54, 1.807) is 18.0 Å². The lowest BCUT2D eigenvalue weighted by atomic mass is 9.94. The van der Waals surface area contributed by atoms with Crippen molar-refractivity contribution in [3.63, 3.8) is 0 Å². The lowest BCUT2D eigenvalue weighted by Crippen LogP contribution is -2.49. The molecule has 0 bridgehead atoms. The van der Waals surface area contributed by atoms with E-state index < -0.39 is 16.1 Å². The SMILES string of the molecule is CC(NS(C)(=O)=O)C(=O)N1CCCC(c2ccn[nH]2)C1. The lowest BCUT2D eigenvalue weighted by Gasteiger charge is -2.33. The molecule has 2 N–H and O–H groups in total. The van der Waals surface area contributed by atoms with E-state index in [-0.39, 0.29) is 11.8 Å². The van der Waals surface area contributed by atoms with Gasteiger partial charge in [-0.25, -0.2) is 13.1 Å². The highest BCUT2D eigenvalue weighted by Gasteiger charge is 2.29. The van der Waals surface area contributed by atoms with Gasteiger partial charge in [-0.2, -0.15) is 5.10 Å². The van der Waals surface area contributed by atoms with Crippen molar-refractivity contribution in [2.45, 2.75) is 31.7 Å². The van der Waals surface area contributed by atoms with Crippen LogP contribution in [0.3, 0.4) is 0 Å². The van der Waals surface area contributed by atoms with Gasteiger partial charge in [0.25, 0.3) is 0 Å². The van der Waals surface area contributed by atoms with Crippen LogP contribution in [-0.4, -0.2) is 54.8 Å². The molecule has 2 rings (SSSR count). The first-order chi connectivity index (χ1) is 9.37. The summed E-state index contributed by atoms with van der Waals surface area (Å²) in [6.07, 6.45) is 4.66. The van der Waals surface area contributed by atoms with Gasteiger partial charge in [-0.1, -0.05) is 0 Å². The molecule has 8 heteroatoms. The van der Waals surface area contributed by atoms with Gasteiger partial charge in [-0.3, -0.25) is 9.89 Å². The molecule has 1 fully saturated rings. The zero-order chi connectivity index (χ0) is 14.8. The molecule has 1 amide bonds. The van der Waals surface area contributed by atoms with Crippen LogP contribution in [0.15, 0.2) is 12.3 Å². The minimum atomic E-state index is -3.38. The maximum Gasteiger partial charge on any atom is 0.240 e. The number of rotatable bonds is 4. The number of likely N-dealkylation sites (tertiary alicyclic amines) is 1. The number of hydrogen-bond acceptors (Lipinski definition) is 4. The first-order valence-electron chi connectivity index (χ1n) is 6.62. The summed E-state index contributed by atoms with van der Waals surface area (Å²) in [5.41, 5.74) is 1.02. The van der Waals surface area contributed by atoms with Crippen LogP contribution < -0.4 is 4.72 Å². The van der Waals surface area contributed by atoms with Crippen LogP contribution in [0.2, 0.25) is 0 Å². The van der Waals surface area contributed by atoms with Gasteiger partial charge in [0.05, 0.1) is 12.3 Å². The Morgan fingerprint density at radius 3 is 2.95 bits per heavy atom. The summed E-state index contributed by atoms with van der Waals surface area (Å²) >= 11 is 0. The monoisotopic (exact) mass is 300 g/mol. The Labute approximate surface area is 118 Å². The minimum absolute atomic E-state index is 0.181. The van der Waals surface area contributed by atoms with Crippen LogP contribution >= 0.6 is 0 Å². The Kier molecular flexibility index (Phi) is 4.44. The van der Waals surface area contributed by atoms with E-state index in [0.717, 1.165) is 24.8 Å². The number of piperidine rings is 1. The van der Waals surface area contributed by atoms with Crippen LogP contribution in [0.25, 0.3) is 0 Å². The van der Waals surface area contributed by atoms with E-state index in [2.05, 4.69) is 14.9 Å². The van der Waals surface area contributed by atoms with Crippen molar-refractivity contribution in [1.29, 1.82) is 0 Å². The van der Waals surface area contributed by atoms with E-state index in [1.165, 1.54) is 0 Å². The number of hydrogen-bond donors (Lipinski definition) is 2. The number of nitrogens with one attached hydrogen (secondary N) is 2. The standard InChI is InChI=1S/C12H20N4O3S/c1-9(15-20(2,18)19)12(17)16-7-3-4-10(8-16)11-5-6-13-14-11/h5-6,9-10,15H,3-4,7-8H2,1-2H3,(H,13,14). The molecule has 0 spiro atoms. The molecule has 0 saturated carbocycles. The van der Waals surface area contributed by atoms with Crippen LogP contribution in [-0.2, 0) is 14.8 Å². The second-order valence-corrected chi connectivity index (χ2v) is 7.03. The third-order valence-electron chi connectivity index (χ3n) is 3.46. The number of carbonyl (C=O) groups excluding carboxylic acids is 1. The molecular weight excluding hydrogens is 280 g/mol. The van der Waals surface area contributed by atoms with Gasteiger partial charge in [-0.15, -0.1) is 0 Å². The molecule has 0 aliphatic carbocycles. The molecule has 1 saturated heterocycles. The molecule has 7 nitrogen and oxygen atoms in total. The van der Waals surface area contributed by atoms with E-state index in [1.807, 2.05) is 6.07 Å². The fourth-order valence-corrected chi connectivity index (χ4v) is 3.31. The Balaban J connectivity index is 2.00. The van der Waals surface area contributed by atoms with Crippen molar-refractivity contribution in [3.05, 3.63) is 18.0 Å². The molecule has 112 valence electrons. The van der Waals surface area contributed by atoms with Gasteiger partial charge in [0.15, 0.2) is 0 Å². The molecule has 1 aliphatic heterocycles. The number of sulfonamides is 1. The number of carbonyl (C=O) groups is 1. The Morgan fingerprint density at radius 2 is 2.35 bits per heavy atom. The smallest absolute Gasteiger partial charge is 0.240 e. The maximum absolute atomic E-state index is 12.3. The topological polar surface area (TPSA) is 95.2 Å². The van der Waals surface area contributed by atoms with Crippen LogP contribution in [0.4, 0.5) is 0 Å². The van der Waals surface area contributed by atoms with E-state index >= 15 is 0 Å². The molecule has 2 unspecified atom stereocenters. The van der Waals surface area contributed by atoms with Gasteiger partial charge < -0.3 is 4.90 Å². The van der Waals surface area contributed by atoms with Crippen molar-refractivity contribution >= 4 is 15.9 Å². The van der Waals surface area contributed by atoms with E-state index in [9.17, 15) is 13.2 Å². The summed E-state index contributed by atoms with van der Waals surface area (Å²) in [5.74, 6) is 0.0558. The molecule has 20 heavy (non-hydrogen) atoms. The number of nitrogens with zero attached hydrogens (tertiary/aromatic N) is 2. The first kappa shape index (κ1) is 15.0. The third kappa shape index (κ3) is 3.80. The van der Waals surface area contributed by atoms with Gasteiger partial charge in [0.1, 0.15) is 0 Å². The van der Waals surface area contributed by atoms with Gasteiger partial charge in [0, 0.05) is 30.9 Å². The van der Waals surface area contributed by atoms with Crippen molar-refractivity contribution in [2.24, 2.45) is 0 Å². The summed E-state index contributed by atoms with van der Waals surface area (Å²) in [4.78, 5) is 14.0. The lowest BCUT2D eigenvalue weighted by molar-refractivity contribution is -0.133. The summed E-state index contributed by atoms with van der Waals surface area (Å²) < 4.78 is 24.7. The molecule has 0 radical (unpaired) electrons. The second kappa shape index (κ2) is 5.92. The first-order valence-corrected chi connectivity index (χ1v) is 8.51. The number of aromatic amines is 1. The number of amides is 1. The quantitative estimate of drug-likeness (QED) is 0.821. The molecule has 0 aromatic carbocycles. The van der Waals surface area contributed by atoms with Gasteiger partial charge in [0.2, 0.25) is 15.9 Å². The largest absolute Gasteiger partial charge is 0.341 e. The van der Waals surface area contributed by atoms with Crippen LogP contribution in [0, 0.1) is 0 Å². The molecule has 1 aliphatic rings. The van der Waals surface area contributed by atoms with Crippen molar-refractivity contribution in [1.82, 2.24) is 19.8 Å². The molecule has 1 aromatic heterocycles. The Bertz CT molecular complexity index is 555. The Hall–Kier alpha value is -1.41. The molecule has 1 aromatic rings. The average Bonchev–Trinajstić information content (AvgIpc) is 2.90. The van der Waals surface area contributed by atoms with Crippen LogP contribution in [0.1, 0.15) is 31.4 Å². The van der Waals surface area contributed by atoms with Crippen molar-refractivity contribution < 1.29 is 13.2 Å². The summed E-state index contributed by atoms with van der Waals surface area (Å²) in [5, 5.41) is 6.87. The Morgan fingerprint density at radius 1 is 1.60 bits per heavy atom. The highest BCUT2D eigenvalue weighted by molar-refractivity contribution is 7.88. The fraction of sp³-hybridized carbons (Fsp3) is 0.667. The highest BCUT2D eigenvalue weighted by Crippen LogP contribution is 2.25.